The zero-order valence-electron chi connectivity index (χ0n) is 19.7. The Kier molecular flexibility index (Phi) is 9.32. The Balaban J connectivity index is 1.67. The molecule has 2 atom stereocenters. The fourth-order valence-corrected chi connectivity index (χ4v) is 3.80. The molecule has 3 rings (SSSR count). The van der Waals surface area contributed by atoms with E-state index in [0.29, 0.717) is 5.56 Å². The van der Waals surface area contributed by atoms with Crippen molar-refractivity contribution in [2.45, 2.75) is 43.6 Å². The summed E-state index contributed by atoms with van der Waals surface area (Å²) in [7, 11) is 0. The zero-order chi connectivity index (χ0) is 26.0. The third-order valence-electron chi connectivity index (χ3n) is 5.82. The molecule has 0 spiro atoms. The van der Waals surface area contributed by atoms with Gasteiger partial charge in [-0.25, -0.2) is 4.79 Å². The molecule has 0 aliphatic rings. The second-order valence-electron chi connectivity index (χ2n) is 8.61. The van der Waals surface area contributed by atoms with Gasteiger partial charge in [-0.2, -0.15) is 0 Å². The van der Waals surface area contributed by atoms with E-state index in [4.69, 9.17) is 0 Å². The van der Waals surface area contributed by atoms with Crippen LogP contribution in [-0.4, -0.2) is 51.0 Å². The number of carboxylic acid groups (broad SMARTS) is 1. The van der Waals surface area contributed by atoms with Crippen molar-refractivity contribution in [3.63, 3.8) is 0 Å². The molecule has 0 aliphatic heterocycles. The molecule has 3 aromatic rings. The van der Waals surface area contributed by atoms with Gasteiger partial charge in [0, 0.05) is 24.8 Å². The number of rotatable bonds is 12. The lowest BCUT2D eigenvalue weighted by atomic mass is 9.94. The summed E-state index contributed by atoms with van der Waals surface area (Å²) in [5.74, 6) is -4.75. The number of amides is 2. The van der Waals surface area contributed by atoms with E-state index in [1.807, 2.05) is 12.1 Å². The van der Waals surface area contributed by atoms with Crippen LogP contribution in [0.5, 0.6) is 0 Å². The highest BCUT2D eigenvalue weighted by molar-refractivity contribution is 5.94. The summed E-state index contributed by atoms with van der Waals surface area (Å²) in [5, 5.41) is 36.4. The highest BCUT2D eigenvalue weighted by Gasteiger charge is 2.36. The fraction of sp³-hybridized carbons (Fsp3) is 0.250. The Morgan fingerprint density at radius 3 is 1.75 bits per heavy atom. The van der Waals surface area contributed by atoms with Gasteiger partial charge in [0.05, 0.1) is 6.04 Å². The number of hydrogen-bond donors (Lipinski definition) is 5. The number of hydrogen-bond acceptors (Lipinski definition) is 5. The first-order valence-electron chi connectivity index (χ1n) is 11.7. The van der Waals surface area contributed by atoms with Crippen molar-refractivity contribution in [3.8, 4) is 0 Å². The second kappa shape index (κ2) is 12.6. The first kappa shape index (κ1) is 26.6. The molecule has 188 valence electrons. The summed E-state index contributed by atoms with van der Waals surface area (Å²) in [6.07, 6.45) is -0.560. The molecule has 3 aromatic carbocycles. The highest BCUT2D eigenvalue weighted by atomic mass is 16.5. The lowest BCUT2D eigenvalue weighted by Crippen LogP contribution is -2.54. The Bertz CT molecular complexity index is 1140. The maximum Gasteiger partial charge on any atom is 0.326 e. The van der Waals surface area contributed by atoms with Crippen LogP contribution < -0.4 is 10.6 Å². The van der Waals surface area contributed by atoms with Crippen LogP contribution in [0.4, 0.5) is 0 Å². The normalized spacial score (nSPS) is 12.8. The molecule has 36 heavy (non-hydrogen) atoms. The van der Waals surface area contributed by atoms with Crippen molar-refractivity contribution in [1.82, 2.24) is 10.6 Å². The predicted molar refractivity (Wildman–Crippen MR) is 134 cm³/mol. The summed E-state index contributed by atoms with van der Waals surface area (Å²) in [6.45, 7) is 0. The first-order valence-corrected chi connectivity index (χ1v) is 11.7. The third kappa shape index (κ3) is 8.04. The zero-order valence-corrected chi connectivity index (χ0v) is 19.7. The third-order valence-corrected chi connectivity index (χ3v) is 5.82. The van der Waals surface area contributed by atoms with E-state index < -0.39 is 42.1 Å². The van der Waals surface area contributed by atoms with E-state index in [2.05, 4.69) is 10.6 Å². The highest BCUT2D eigenvalue weighted by Crippen LogP contribution is 2.20. The van der Waals surface area contributed by atoms with E-state index in [1.54, 1.807) is 78.9 Å². The first-order chi connectivity index (χ1) is 17.2. The monoisotopic (exact) mass is 490 g/mol. The molecule has 0 heterocycles. The summed E-state index contributed by atoms with van der Waals surface area (Å²) < 4.78 is 0. The van der Waals surface area contributed by atoms with Gasteiger partial charge in [-0.3, -0.25) is 9.59 Å². The smallest absolute Gasteiger partial charge is 0.326 e. The van der Waals surface area contributed by atoms with Gasteiger partial charge in [-0.05, 0) is 29.7 Å². The molecule has 0 saturated heterocycles. The Labute approximate surface area is 209 Å². The van der Waals surface area contributed by atoms with Crippen LogP contribution in [0.15, 0.2) is 91.0 Å². The topological polar surface area (TPSA) is 136 Å². The number of aliphatic hydroxyl groups is 2. The molecule has 2 amide bonds. The molecule has 5 N–H and O–H groups in total. The molecule has 8 heteroatoms. The van der Waals surface area contributed by atoms with Crippen LogP contribution in [0.3, 0.4) is 0 Å². The minimum absolute atomic E-state index is 0.0923. The van der Waals surface area contributed by atoms with Crippen LogP contribution in [0.2, 0.25) is 0 Å². The summed E-state index contributed by atoms with van der Waals surface area (Å²) >= 11 is 0. The summed E-state index contributed by atoms with van der Waals surface area (Å²) in [6, 6.07) is 24.0. The Hall–Kier alpha value is -4.01. The average molecular weight is 491 g/mol. The molecule has 0 fully saturated rings. The van der Waals surface area contributed by atoms with Crippen molar-refractivity contribution in [2.75, 3.05) is 0 Å². The average Bonchev–Trinajstić information content (AvgIpc) is 2.88. The largest absolute Gasteiger partial charge is 0.480 e. The summed E-state index contributed by atoms with van der Waals surface area (Å²) in [4.78, 5) is 36.9. The molecule has 0 saturated carbocycles. The molecule has 0 aliphatic carbocycles. The van der Waals surface area contributed by atoms with Gasteiger partial charge >= 0.3 is 5.97 Å². The van der Waals surface area contributed by atoms with Crippen LogP contribution in [0.1, 0.15) is 34.3 Å². The van der Waals surface area contributed by atoms with Gasteiger partial charge in [0.2, 0.25) is 5.91 Å². The molecule has 0 unspecified atom stereocenters. The maximum absolute atomic E-state index is 12.7. The number of aliphatic carboxylic acids is 1. The van der Waals surface area contributed by atoms with Crippen LogP contribution in [-0.2, 0) is 22.4 Å². The van der Waals surface area contributed by atoms with E-state index in [9.17, 15) is 29.7 Å². The quantitative estimate of drug-likeness (QED) is 0.247. The molecule has 0 radical (unpaired) electrons. The minimum Gasteiger partial charge on any atom is -0.480 e. The second-order valence-corrected chi connectivity index (χ2v) is 8.61. The van der Waals surface area contributed by atoms with E-state index in [0.717, 1.165) is 11.1 Å². The number of nitrogens with one attached hydrogen (secondary N) is 2. The lowest BCUT2D eigenvalue weighted by molar-refractivity contribution is -0.187. The summed E-state index contributed by atoms with van der Waals surface area (Å²) in [5.41, 5.74) is 1.87. The molecular weight excluding hydrogens is 460 g/mol. The fourth-order valence-electron chi connectivity index (χ4n) is 3.80. The van der Waals surface area contributed by atoms with Crippen molar-refractivity contribution >= 4 is 17.8 Å². The lowest BCUT2D eigenvalue weighted by Gasteiger charge is -2.32. The number of carbonyl (C=O) groups excluding carboxylic acids is 2. The molecular formula is C28H30N2O6. The molecule has 0 bridgehead atoms. The minimum atomic E-state index is -2.43. The van der Waals surface area contributed by atoms with Crippen molar-refractivity contribution in [2.24, 2.45) is 0 Å². The van der Waals surface area contributed by atoms with Crippen molar-refractivity contribution < 1.29 is 29.7 Å². The van der Waals surface area contributed by atoms with Crippen LogP contribution in [0, 0.1) is 0 Å². The standard InChI is InChI=1S/C28H30N2O6/c31-25(29-23(27(33)34)18-20-10-4-1-5-11-20)16-17-28(35,36)24(19-21-12-6-2-7-13-21)30-26(32)22-14-8-3-9-15-22/h1-15,23-24,35-36H,16-19H2,(H,29,31)(H,30,32)(H,33,34)/t23-,24-/m0/s1. The van der Waals surface area contributed by atoms with E-state index in [-0.39, 0.29) is 19.3 Å². The van der Waals surface area contributed by atoms with E-state index >= 15 is 0 Å². The van der Waals surface area contributed by atoms with Gasteiger partial charge in [-0.1, -0.05) is 78.9 Å². The van der Waals surface area contributed by atoms with Crippen molar-refractivity contribution in [3.05, 3.63) is 108 Å². The number of carboxylic acids is 1. The molecule has 0 aromatic heterocycles. The maximum atomic E-state index is 12.7. The van der Waals surface area contributed by atoms with Crippen LogP contribution in [0.25, 0.3) is 0 Å². The Morgan fingerprint density at radius 1 is 0.722 bits per heavy atom. The van der Waals surface area contributed by atoms with Crippen LogP contribution >= 0.6 is 0 Å². The number of carbonyl (C=O) groups is 3. The van der Waals surface area contributed by atoms with Gasteiger partial charge in [0.25, 0.3) is 5.91 Å². The van der Waals surface area contributed by atoms with Gasteiger partial charge in [0.1, 0.15) is 6.04 Å². The van der Waals surface area contributed by atoms with Gasteiger partial charge in [0.15, 0.2) is 5.79 Å². The van der Waals surface area contributed by atoms with E-state index in [1.165, 1.54) is 0 Å². The predicted octanol–water partition coefficient (Wildman–Crippen LogP) is 2.30. The molecule has 8 nitrogen and oxygen atoms in total. The SMILES string of the molecule is O=C(CCC(O)(O)[C@H](Cc1ccccc1)NC(=O)c1ccccc1)N[C@@H](Cc1ccccc1)C(=O)O. The number of benzene rings is 3. The van der Waals surface area contributed by atoms with Gasteiger partial charge < -0.3 is 26.0 Å². The Morgan fingerprint density at radius 2 is 1.22 bits per heavy atom. The van der Waals surface area contributed by atoms with Gasteiger partial charge in [-0.15, -0.1) is 0 Å². The van der Waals surface area contributed by atoms with Crippen molar-refractivity contribution in [1.29, 1.82) is 0 Å².